The van der Waals surface area contributed by atoms with Crippen LogP contribution < -0.4 is 10.2 Å². The molecule has 1 atom stereocenters. The van der Waals surface area contributed by atoms with Gasteiger partial charge in [0.2, 0.25) is 5.91 Å². The van der Waals surface area contributed by atoms with Gasteiger partial charge in [-0.15, -0.1) is 0 Å². The third-order valence-corrected chi connectivity index (χ3v) is 5.86. The Labute approximate surface area is 190 Å². The standard InChI is InChI=1S/C24H20Cl2N2O3/c1-28-22-5-3-2-4-18(22)19(16-10-11-31-14-16)13-21(24(28)30)27-23(29)9-7-15-6-8-17(25)12-20(15)26/h2-6,8,10-14,21H,7,9H2,1H3,(H,27,29). The zero-order chi connectivity index (χ0) is 22.0. The molecule has 0 spiro atoms. The van der Waals surface area contributed by atoms with Gasteiger partial charge in [0, 0.05) is 34.6 Å². The first-order valence-corrected chi connectivity index (χ1v) is 10.5. The number of amides is 2. The van der Waals surface area contributed by atoms with E-state index in [1.807, 2.05) is 30.3 Å². The molecule has 0 aliphatic carbocycles. The van der Waals surface area contributed by atoms with Crippen molar-refractivity contribution in [3.63, 3.8) is 0 Å². The molecule has 1 aliphatic heterocycles. The number of carbonyl (C=O) groups excluding carboxylic acids is 2. The maximum Gasteiger partial charge on any atom is 0.253 e. The molecule has 0 fully saturated rings. The molecule has 1 N–H and O–H groups in total. The second-order valence-corrected chi connectivity index (χ2v) is 8.13. The molecule has 4 rings (SSSR count). The van der Waals surface area contributed by atoms with Crippen molar-refractivity contribution in [3.8, 4) is 0 Å². The SMILES string of the molecule is CN1C(=O)C(NC(=O)CCc2ccc(Cl)cc2Cl)C=C(c2ccoc2)c2ccccc21. The highest BCUT2D eigenvalue weighted by Crippen LogP contribution is 2.34. The van der Waals surface area contributed by atoms with E-state index in [0.29, 0.717) is 16.5 Å². The zero-order valence-corrected chi connectivity index (χ0v) is 18.3. The van der Waals surface area contributed by atoms with Crippen LogP contribution in [0, 0.1) is 0 Å². The fraction of sp³-hybridized carbons (Fsp3) is 0.167. The fourth-order valence-corrected chi connectivity index (χ4v) is 4.14. The molecule has 2 aromatic carbocycles. The lowest BCUT2D eigenvalue weighted by molar-refractivity contribution is -0.126. The second-order valence-electron chi connectivity index (χ2n) is 7.29. The van der Waals surface area contributed by atoms with Gasteiger partial charge in [0.1, 0.15) is 6.04 Å². The lowest BCUT2D eigenvalue weighted by Crippen LogP contribution is -2.46. The molecule has 2 heterocycles. The molecule has 0 saturated heterocycles. The number of nitrogens with one attached hydrogen (secondary N) is 1. The van der Waals surface area contributed by atoms with Crippen molar-refractivity contribution < 1.29 is 14.0 Å². The van der Waals surface area contributed by atoms with Gasteiger partial charge in [-0.25, -0.2) is 0 Å². The predicted octanol–water partition coefficient (Wildman–Crippen LogP) is 5.11. The van der Waals surface area contributed by atoms with Crippen molar-refractivity contribution in [1.82, 2.24) is 5.32 Å². The Bertz CT molecular complexity index is 1160. The van der Waals surface area contributed by atoms with E-state index in [9.17, 15) is 9.59 Å². The second kappa shape index (κ2) is 9.00. The topological polar surface area (TPSA) is 62.6 Å². The van der Waals surface area contributed by atoms with E-state index in [4.69, 9.17) is 27.6 Å². The molecule has 5 nitrogen and oxygen atoms in total. The summed E-state index contributed by atoms with van der Waals surface area (Å²) in [6.07, 6.45) is 5.62. The molecule has 3 aromatic rings. The summed E-state index contributed by atoms with van der Waals surface area (Å²) in [6, 6.07) is 13.8. The van der Waals surface area contributed by atoms with Gasteiger partial charge in [0.25, 0.3) is 5.91 Å². The molecule has 0 radical (unpaired) electrons. The van der Waals surface area contributed by atoms with E-state index in [1.54, 1.807) is 48.7 Å². The van der Waals surface area contributed by atoms with Crippen LogP contribution >= 0.6 is 23.2 Å². The molecule has 1 aromatic heterocycles. The molecule has 1 aliphatic rings. The summed E-state index contributed by atoms with van der Waals surface area (Å²) in [4.78, 5) is 27.4. The van der Waals surface area contributed by atoms with Gasteiger partial charge in [-0.1, -0.05) is 47.5 Å². The fourth-order valence-electron chi connectivity index (χ4n) is 3.64. The molecule has 2 amide bonds. The number of fused-ring (bicyclic) bond motifs is 1. The summed E-state index contributed by atoms with van der Waals surface area (Å²) in [5.74, 6) is -0.463. The van der Waals surface area contributed by atoms with E-state index in [2.05, 4.69) is 5.32 Å². The molecular weight excluding hydrogens is 435 g/mol. The first-order valence-electron chi connectivity index (χ1n) is 9.78. The Kier molecular flexibility index (Phi) is 6.16. The van der Waals surface area contributed by atoms with Gasteiger partial charge in [0.05, 0.1) is 18.2 Å². The van der Waals surface area contributed by atoms with E-state index in [1.165, 1.54) is 0 Å². The quantitative estimate of drug-likeness (QED) is 0.582. The van der Waals surface area contributed by atoms with Crippen LogP contribution in [0.1, 0.15) is 23.1 Å². The summed E-state index contributed by atoms with van der Waals surface area (Å²) in [5, 5.41) is 3.92. The smallest absolute Gasteiger partial charge is 0.253 e. The first kappa shape index (κ1) is 21.2. The number of rotatable bonds is 5. The van der Waals surface area contributed by atoms with Crippen molar-refractivity contribution in [1.29, 1.82) is 0 Å². The van der Waals surface area contributed by atoms with Crippen LogP contribution in [0.5, 0.6) is 0 Å². The molecule has 7 heteroatoms. The number of benzene rings is 2. The predicted molar refractivity (Wildman–Crippen MR) is 122 cm³/mol. The van der Waals surface area contributed by atoms with Crippen LogP contribution in [0.4, 0.5) is 5.69 Å². The van der Waals surface area contributed by atoms with E-state index >= 15 is 0 Å². The summed E-state index contributed by atoms with van der Waals surface area (Å²) in [7, 11) is 1.71. The zero-order valence-electron chi connectivity index (χ0n) is 16.8. The summed E-state index contributed by atoms with van der Waals surface area (Å²) >= 11 is 12.1. The molecule has 158 valence electrons. The minimum Gasteiger partial charge on any atom is -0.472 e. The number of halogens is 2. The Morgan fingerprint density at radius 1 is 1.16 bits per heavy atom. The number of carbonyl (C=O) groups is 2. The number of anilines is 1. The van der Waals surface area contributed by atoms with Crippen LogP contribution in [0.15, 0.2) is 71.6 Å². The average molecular weight is 455 g/mol. The van der Waals surface area contributed by atoms with E-state index in [-0.39, 0.29) is 18.2 Å². The molecule has 0 bridgehead atoms. The van der Waals surface area contributed by atoms with Crippen molar-refractivity contribution in [2.45, 2.75) is 18.9 Å². The highest BCUT2D eigenvalue weighted by molar-refractivity contribution is 6.35. The Morgan fingerprint density at radius 3 is 2.71 bits per heavy atom. The highest BCUT2D eigenvalue weighted by atomic mass is 35.5. The third kappa shape index (κ3) is 4.53. The minimum atomic E-state index is -0.810. The van der Waals surface area contributed by atoms with Crippen LogP contribution in [-0.2, 0) is 16.0 Å². The number of furan rings is 1. The van der Waals surface area contributed by atoms with Crippen LogP contribution in [0.2, 0.25) is 10.0 Å². The highest BCUT2D eigenvalue weighted by Gasteiger charge is 2.29. The van der Waals surface area contributed by atoms with Crippen LogP contribution in [-0.4, -0.2) is 24.9 Å². The monoisotopic (exact) mass is 454 g/mol. The van der Waals surface area contributed by atoms with Gasteiger partial charge in [-0.05, 0) is 47.9 Å². The minimum absolute atomic E-state index is 0.191. The van der Waals surface area contributed by atoms with Gasteiger partial charge < -0.3 is 14.6 Å². The molecule has 31 heavy (non-hydrogen) atoms. The Balaban J connectivity index is 1.58. The van der Waals surface area contributed by atoms with Gasteiger partial charge in [-0.3, -0.25) is 9.59 Å². The number of hydrogen-bond acceptors (Lipinski definition) is 3. The maximum atomic E-state index is 13.1. The van der Waals surface area contributed by atoms with Crippen LogP contribution in [0.3, 0.4) is 0 Å². The lowest BCUT2D eigenvalue weighted by Gasteiger charge is -2.21. The van der Waals surface area contributed by atoms with Gasteiger partial charge in [0.15, 0.2) is 0 Å². The summed E-state index contributed by atoms with van der Waals surface area (Å²) in [5.41, 5.74) is 4.15. The Morgan fingerprint density at radius 2 is 1.97 bits per heavy atom. The molecule has 0 saturated carbocycles. The average Bonchev–Trinajstić information content (AvgIpc) is 3.26. The number of nitrogens with zero attached hydrogens (tertiary/aromatic N) is 1. The summed E-state index contributed by atoms with van der Waals surface area (Å²) in [6.45, 7) is 0. The first-order chi connectivity index (χ1) is 14.9. The van der Waals surface area contributed by atoms with Gasteiger partial charge in [-0.2, -0.15) is 0 Å². The number of likely N-dealkylation sites (N-methyl/N-ethyl adjacent to an activating group) is 1. The van der Waals surface area contributed by atoms with Crippen molar-refractivity contribution in [2.24, 2.45) is 0 Å². The van der Waals surface area contributed by atoms with E-state index in [0.717, 1.165) is 28.0 Å². The van der Waals surface area contributed by atoms with Crippen molar-refractivity contribution in [3.05, 3.63) is 93.9 Å². The summed E-state index contributed by atoms with van der Waals surface area (Å²) < 4.78 is 5.25. The molecule has 1 unspecified atom stereocenters. The van der Waals surface area contributed by atoms with Crippen molar-refractivity contribution in [2.75, 3.05) is 11.9 Å². The third-order valence-electron chi connectivity index (χ3n) is 5.27. The van der Waals surface area contributed by atoms with E-state index < -0.39 is 6.04 Å². The Hall–Kier alpha value is -3.02. The normalized spacial score (nSPS) is 15.8. The molecular formula is C24H20Cl2N2O3. The number of hydrogen-bond donors (Lipinski definition) is 1. The number of para-hydroxylation sites is 1. The largest absolute Gasteiger partial charge is 0.472 e. The van der Waals surface area contributed by atoms with Crippen molar-refractivity contribution >= 4 is 46.3 Å². The van der Waals surface area contributed by atoms with Crippen LogP contribution in [0.25, 0.3) is 5.57 Å². The van der Waals surface area contributed by atoms with Gasteiger partial charge >= 0.3 is 0 Å². The maximum absolute atomic E-state index is 13.1. The lowest BCUT2D eigenvalue weighted by atomic mass is 9.97. The number of aryl methyl sites for hydroxylation is 1.